The van der Waals surface area contributed by atoms with Crippen LogP contribution in [0.3, 0.4) is 0 Å². The molecule has 1 unspecified atom stereocenters. The monoisotopic (exact) mass is 1670 g/mol. The maximum atomic E-state index is 16.6. The average molecular weight is 1680 g/mol. The van der Waals surface area contributed by atoms with Crippen LogP contribution < -0.4 is 0 Å². The van der Waals surface area contributed by atoms with E-state index in [-0.39, 0.29) is 11.2 Å². The number of carbonyl (C=O) groups is 1. The van der Waals surface area contributed by atoms with Gasteiger partial charge in [0.2, 0.25) is 5.95 Å². The number of benzene rings is 21. The number of hydrogen-bond acceptors (Lipinski definition) is 4. The lowest BCUT2D eigenvalue weighted by atomic mass is 9.69. The molecule has 0 bridgehead atoms. The van der Waals surface area contributed by atoms with Crippen molar-refractivity contribution < 1.29 is 4.79 Å². The fourth-order valence-corrected chi connectivity index (χ4v) is 24.3. The molecule has 0 fully saturated rings. The third-order valence-electron chi connectivity index (χ3n) is 30.0. The predicted octanol–water partition coefficient (Wildman–Crippen LogP) is 31.5. The van der Waals surface area contributed by atoms with Gasteiger partial charge in [-0.25, -0.2) is 4.98 Å². The molecule has 2 spiro atoms. The van der Waals surface area contributed by atoms with Crippen LogP contribution in [0.15, 0.2) is 437 Å². The molecule has 0 aliphatic heterocycles. The van der Waals surface area contributed by atoms with Crippen LogP contribution in [0.25, 0.3) is 205 Å². The molecule has 612 valence electrons. The van der Waals surface area contributed by atoms with Gasteiger partial charge in [0.1, 0.15) is 0 Å². The lowest BCUT2D eigenvalue weighted by molar-refractivity contribution is 0.103. The van der Waals surface area contributed by atoms with Gasteiger partial charge in [-0.15, -0.1) is 0 Å². The van der Waals surface area contributed by atoms with Crippen molar-refractivity contribution in [2.45, 2.75) is 30.1 Å². The van der Waals surface area contributed by atoms with Crippen molar-refractivity contribution in [3.05, 3.63) is 504 Å². The summed E-state index contributed by atoms with van der Waals surface area (Å²) < 4.78 is 2.30. The smallest absolute Gasteiger partial charge is 0.238 e. The Labute approximate surface area is 763 Å². The Morgan fingerprint density at radius 2 is 0.659 bits per heavy atom. The summed E-state index contributed by atoms with van der Waals surface area (Å²) in [7, 11) is 0. The molecule has 5 heteroatoms. The second-order valence-electron chi connectivity index (χ2n) is 37.0. The highest BCUT2D eigenvalue weighted by molar-refractivity contribution is 6.17. The molecule has 5 aliphatic carbocycles. The molecule has 0 amide bonds. The fourth-order valence-electron chi connectivity index (χ4n) is 24.3. The maximum Gasteiger partial charge on any atom is 0.238 e. The largest absolute Gasteiger partial charge is 0.289 e. The van der Waals surface area contributed by atoms with E-state index in [2.05, 4.69) is 437 Å². The summed E-state index contributed by atoms with van der Waals surface area (Å²) in [6.45, 7) is 4.70. The third-order valence-corrected chi connectivity index (χ3v) is 30.0. The first-order valence-corrected chi connectivity index (χ1v) is 45.8. The van der Waals surface area contributed by atoms with Crippen LogP contribution in [0.4, 0.5) is 0 Å². The Morgan fingerprint density at radius 3 is 1.34 bits per heavy atom. The summed E-state index contributed by atoms with van der Waals surface area (Å²) in [5.74, 6) is 1.71. The summed E-state index contributed by atoms with van der Waals surface area (Å²) in [6, 6.07) is 161. The minimum absolute atomic E-state index is 0.0284. The average Bonchev–Trinajstić information content (AvgIpc) is 1.51. The first-order chi connectivity index (χ1) is 65.1. The van der Waals surface area contributed by atoms with E-state index in [1.54, 1.807) is 0 Å². The van der Waals surface area contributed by atoms with E-state index in [1.165, 1.54) is 138 Å². The number of carbonyl (C=O) groups excluding carboxylic acids is 1. The standard InChI is InChI=1S/C127H78N4O/c1-125(2)108-46-18-12-42-97(108)102-62-63-103-100-44-17-23-52-117(100)131(120(103)119(102)125)124-129-122(75-27-4-3-5-28-75)128-123(130-124)88-34-25-32-77(68-88)82-59-64-113-107(70-82)98-43-16-22-50-112(98)126(113)109-47-19-15-41-96(109)99-60-57-86(73-115(99)126)121(132)87-58-61-104-116(74-87)127(110-48-20-13-39-94(110)95-40-14-21-49-111(95)127)114-51-26-45-101(118(104)114)106-72-89(69-83-29-6-9-36-91(83)106)81-56-55-79-65-78(53-54-80(79)66-81)76-31-24-33-84(67-76)105-71-85-30-7-8-35-90(85)92-37-10-11-38-93(92)105/h3-74H,1-2H3. The summed E-state index contributed by atoms with van der Waals surface area (Å²) in [5.41, 5.74) is 38.7. The summed E-state index contributed by atoms with van der Waals surface area (Å²) in [5, 5.41) is 12.0. The second-order valence-corrected chi connectivity index (χ2v) is 37.0. The van der Waals surface area contributed by atoms with Gasteiger partial charge in [0.05, 0.1) is 21.9 Å². The SMILES string of the molecule is CC1(C)c2ccccc2-c2ccc3c4ccccc4n(-c4nc(-c5ccccc5)nc(-c5cccc(-c6ccc7c(c6)-c6ccccc6C76c7ccccc7-c7ccc(C(=O)c8ccc9c(c8)C8(c%10ccccc%10-c%10ccccc%108)c8cccc(-c%10cc(-c%11ccc%12cc(-c%13cccc(-c%14cc%15ccccc%15c%15ccccc%14%15)c%13)ccc%12c%11)cc%11ccccc%10%11)c8-9)cc76)c5)n4)c3c21. The molecule has 1 atom stereocenters. The third kappa shape index (κ3) is 10.4. The molecule has 2 heterocycles. The van der Waals surface area contributed by atoms with Gasteiger partial charge in [-0.2, -0.15) is 9.97 Å². The van der Waals surface area contributed by atoms with Crippen LogP contribution in [0, 0.1) is 0 Å². The lowest BCUT2D eigenvalue weighted by Crippen LogP contribution is -2.26. The molecule has 28 rings (SSSR count). The minimum Gasteiger partial charge on any atom is -0.289 e. The molecular formula is C127H78N4O. The quantitative estimate of drug-likeness (QED) is 0.101. The van der Waals surface area contributed by atoms with Crippen molar-refractivity contribution in [2.75, 3.05) is 0 Å². The van der Waals surface area contributed by atoms with E-state index in [1.807, 2.05) is 18.2 Å². The van der Waals surface area contributed by atoms with E-state index in [0.29, 0.717) is 28.7 Å². The van der Waals surface area contributed by atoms with Crippen LogP contribution in [0.1, 0.15) is 85.4 Å². The topological polar surface area (TPSA) is 60.7 Å². The van der Waals surface area contributed by atoms with E-state index < -0.39 is 10.8 Å². The Balaban J connectivity index is 0.549. The van der Waals surface area contributed by atoms with Gasteiger partial charge in [0.15, 0.2) is 17.4 Å². The van der Waals surface area contributed by atoms with Crippen LogP contribution in [0.2, 0.25) is 0 Å². The van der Waals surface area contributed by atoms with Crippen molar-refractivity contribution in [3.8, 4) is 140 Å². The predicted molar refractivity (Wildman–Crippen MR) is 542 cm³/mol. The molecule has 132 heavy (non-hydrogen) atoms. The molecule has 2 aromatic heterocycles. The van der Waals surface area contributed by atoms with Crippen molar-refractivity contribution in [3.63, 3.8) is 0 Å². The Hall–Kier alpha value is -16.9. The highest BCUT2D eigenvalue weighted by atomic mass is 16.1. The lowest BCUT2D eigenvalue weighted by Gasteiger charge is -2.31. The minimum atomic E-state index is -0.759. The molecule has 0 saturated heterocycles. The highest BCUT2D eigenvalue weighted by Gasteiger charge is 2.55. The van der Waals surface area contributed by atoms with Crippen molar-refractivity contribution in [1.82, 2.24) is 19.5 Å². The molecule has 21 aromatic carbocycles. The second kappa shape index (κ2) is 27.8. The normalized spacial score (nSPS) is 14.5. The van der Waals surface area contributed by atoms with E-state index in [4.69, 9.17) is 15.0 Å². The zero-order valence-electron chi connectivity index (χ0n) is 72.3. The molecule has 0 radical (unpaired) electrons. The number of ketones is 1. The van der Waals surface area contributed by atoms with Gasteiger partial charge in [-0.3, -0.25) is 9.36 Å². The molecule has 23 aromatic rings. The first kappa shape index (κ1) is 74.2. The number of hydrogen-bond donors (Lipinski definition) is 0. The number of aromatic nitrogens is 4. The molecular weight excluding hydrogens is 1600 g/mol. The number of fused-ring (bicyclic) bond motifs is 32. The van der Waals surface area contributed by atoms with Crippen molar-refractivity contribution in [1.29, 1.82) is 0 Å². The van der Waals surface area contributed by atoms with Gasteiger partial charge >= 0.3 is 0 Å². The van der Waals surface area contributed by atoms with E-state index in [0.717, 1.165) is 105 Å². The van der Waals surface area contributed by atoms with Crippen LogP contribution in [-0.4, -0.2) is 25.3 Å². The van der Waals surface area contributed by atoms with Crippen molar-refractivity contribution in [2.24, 2.45) is 0 Å². The van der Waals surface area contributed by atoms with Gasteiger partial charge in [-0.05, 0) is 277 Å². The summed E-state index contributed by atoms with van der Waals surface area (Å²) in [6.07, 6.45) is 0. The first-order valence-electron chi connectivity index (χ1n) is 45.8. The molecule has 0 saturated carbocycles. The van der Waals surface area contributed by atoms with Crippen molar-refractivity contribution >= 4 is 70.7 Å². The highest BCUT2D eigenvalue weighted by Crippen LogP contribution is 2.67. The Morgan fingerprint density at radius 1 is 0.227 bits per heavy atom. The Bertz CT molecular complexity index is 9010. The zero-order chi connectivity index (χ0) is 87.0. The molecule has 0 N–H and O–H groups in total. The fraction of sp³-hybridized carbons (Fsp3) is 0.0394. The van der Waals surface area contributed by atoms with Crippen LogP contribution >= 0.6 is 0 Å². The van der Waals surface area contributed by atoms with E-state index in [9.17, 15) is 0 Å². The molecule has 5 aliphatic rings. The number of nitrogens with zero attached hydrogens (tertiary/aromatic N) is 4. The van der Waals surface area contributed by atoms with E-state index >= 15 is 4.79 Å². The summed E-state index contributed by atoms with van der Waals surface area (Å²) >= 11 is 0. The van der Waals surface area contributed by atoms with Crippen LogP contribution in [-0.2, 0) is 16.2 Å². The number of rotatable bonds is 10. The zero-order valence-corrected chi connectivity index (χ0v) is 72.3. The molecule has 5 nitrogen and oxygen atoms in total. The van der Waals surface area contributed by atoms with Crippen LogP contribution in [0.5, 0.6) is 0 Å². The van der Waals surface area contributed by atoms with Gasteiger partial charge in [-0.1, -0.05) is 384 Å². The summed E-state index contributed by atoms with van der Waals surface area (Å²) in [4.78, 5) is 33.0. The van der Waals surface area contributed by atoms with Gasteiger partial charge in [0.25, 0.3) is 0 Å². The van der Waals surface area contributed by atoms with Gasteiger partial charge < -0.3 is 0 Å². The maximum absolute atomic E-state index is 16.6. The number of para-hydroxylation sites is 1. The Kier molecular flexibility index (Phi) is 15.7. The van der Waals surface area contributed by atoms with Gasteiger partial charge in [0, 0.05) is 38.4 Å².